The summed E-state index contributed by atoms with van der Waals surface area (Å²) in [6.45, 7) is 31.9. The van der Waals surface area contributed by atoms with Crippen LogP contribution < -0.4 is 30.9 Å². The molecule has 0 spiro atoms. The molecule has 8 aromatic carbocycles. The van der Waals surface area contributed by atoms with Crippen LogP contribution in [0.4, 0.5) is 34.1 Å². The van der Waals surface area contributed by atoms with Crippen molar-refractivity contribution in [2.45, 2.75) is 119 Å². The Morgan fingerprint density at radius 2 is 0.986 bits per heavy atom. The number of hydrogen-bond donors (Lipinski definition) is 0. The van der Waals surface area contributed by atoms with E-state index in [2.05, 4.69) is 258 Å². The Hall–Kier alpha value is -6.56. The molecule has 0 saturated heterocycles. The van der Waals surface area contributed by atoms with Crippen LogP contribution in [-0.2, 0) is 21.7 Å². The molecule has 0 aliphatic carbocycles. The molecule has 11 rings (SSSR count). The summed E-state index contributed by atoms with van der Waals surface area (Å²) in [6, 6.07) is 58.1. The van der Waals surface area contributed by atoms with E-state index >= 15 is 0 Å². The van der Waals surface area contributed by atoms with Crippen molar-refractivity contribution in [1.29, 1.82) is 0 Å². The smallest absolute Gasteiger partial charge is 0.258 e. The van der Waals surface area contributed by atoms with Crippen molar-refractivity contribution in [1.82, 2.24) is 0 Å². The van der Waals surface area contributed by atoms with E-state index < -0.39 is 0 Å². The fraction of sp³-hybridized carbons (Fsp3) is 0.273. The molecule has 1 aromatic heterocycles. The summed E-state index contributed by atoms with van der Waals surface area (Å²) in [5, 5.41) is 2.50. The summed E-state index contributed by atoms with van der Waals surface area (Å²) in [4.78, 5) is 5.00. The number of fused-ring (bicyclic) bond motifs is 8. The van der Waals surface area contributed by atoms with Crippen LogP contribution in [0.25, 0.3) is 31.3 Å². The fourth-order valence-electron chi connectivity index (χ4n) is 11.1. The van der Waals surface area contributed by atoms with Crippen LogP contribution in [0.1, 0.15) is 116 Å². The van der Waals surface area contributed by atoms with Gasteiger partial charge in [0.25, 0.3) is 6.71 Å². The van der Waals surface area contributed by atoms with E-state index in [1.165, 1.54) is 81.2 Å². The second-order valence-corrected chi connectivity index (χ2v) is 25.6. The molecule has 3 nitrogen and oxygen atoms in total. The quantitative estimate of drug-likeness (QED) is 0.160. The lowest BCUT2D eigenvalue weighted by molar-refractivity contribution is 0.488. The first kappa shape index (κ1) is 46.8. The maximum Gasteiger partial charge on any atom is 0.258 e. The first-order valence-electron chi connectivity index (χ1n) is 25.5. The van der Waals surface area contributed by atoms with E-state index in [1.807, 2.05) is 11.3 Å². The summed E-state index contributed by atoms with van der Waals surface area (Å²) < 4.78 is 10.2. The molecule has 0 radical (unpaired) electrons. The molecular weight excluding hydrogens is 880 g/mol. The number of hydrogen-bond acceptors (Lipinski definition) is 4. The van der Waals surface area contributed by atoms with Gasteiger partial charge >= 0.3 is 0 Å². The van der Waals surface area contributed by atoms with Gasteiger partial charge in [-0.25, -0.2) is 0 Å². The van der Waals surface area contributed by atoms with Gasteiger partial charge in [0, 0.05) is 54.7 Å². The van der Waals surface area contributed by atoms with Gasteiger partial charge in [-0.2, -0.15) is 0 Å². The van der Waals surface area contributed by atoms with Gasteiger partial charge in [0.15, 0.2) is 0 Å². The number of nitrogens with zero attached hydrogens (tertiary/aromatic N) is 2. The minimum atomic E-state index is -0.102. The average Bonchev–Trinajstić information content (AvgIpc) is 3.70. The lowest BCUT2D eigenvalue weighted by Gasteiger charge is -2.41. The van der Waals surface area contributed by atoms with Crippen molar-refractivity contribution < 1.29 is 4.74 Å². The van der Waals surface area contributed by atoms with Gasteiger partial charge in [0.2, 0.25) is 0 Å². The summed E-state index contributed by atoms with van der Waals surface area (Å²) in [7, 11) is 0. The third-order valence-electron chi connectivity index (χ3n) is 15.0. The van der Waals surface area contributed by atoms with E-state index in [-0.39, 0.29) is 28.4 Å². The van der Waals surface area contributed by atoms with Crippen molar-refractivity contribution >= 4 is 88.7 Å². The molecule has 0 N–H and O–H groups in total. The molecule has 0 bridgehead atoms. The van der Waals surface area contributed by atoms with Crippen molar-refractivity contribution in [3.63, 3.8) is 0 Å². The van der Waals surface area contributed by atoms with E-state index in [0.29, 0.717) is 0 Å². The molecule has 0 amide bonds. The lowest BCUT2D eigenvalue weighted by atomic mass is 9.33. The summed E-state index contributed by atoms with van der Waals surface area (Å²) in [6.07, 6.45) is 0. The van der Waals surface area contributed by atoms with Gasteiger partial charge < -0.3 is 14.5 Å². The molecule has 2 aliphatic rings. The number of benzene rings is 8. The van der Waals surface area contributed by atoms with Crippen LogP contribution in [0.3, 0.4) is 0 Å². The zero-order valence-electron chi connectivity index (χ0n) is 44.2. The highest BCUT2D eigenvalue weighted by Crippen LogP contribution is 2.51. The molecule has 0 saturated carbocycles. The highest BCUT2D eigenvalue weighted by molar-refractivity contribution is 7.28. The third kappa shape index (κ3) is 8.15. The van der Waals surface area contributed by atoms with E-state index in [4.69, 9.17) is 4.74 Å². The van der Waals surface area contributed by atoms with Crippen LogP contribution in [-0.4, -0.2) is 6.71 Å². The van der Waals surface area contributed by atoms with Crippen LogP contribution >= 0.6 is 11.3 Å². The number of aryl methyl sites for hydroxylation is 2. The molecule has 0 unspecified atom stereocenters. The van der Waals surface area contributed by atoms with Crippen molar-refractivity contribution in [3.05, 3.63) is 185 Å². The Bertz CT molecular complexity index is 3480. The van der Waals surface area contributed by atoms with Gasteiger partial charge in [-0.05, 0) is 146 Å². The Balaban J connectivity index is 1.24. The largest absolute Gasteiger partial charge is 0.458 e. The highest BCUT2D eigenvalue weighted by atomic mass is 32.1. The molecule has 5 heteroatoms. The molecule has 0 fully saturated rings. The first-order valence-corrected chi connectivity index (χ1v) is 26.3. The SMILES string of the molecule is Cc1cc(C)cc(-c2cc3c4c(c2)N(c2ccc(C(C)(C)C)cc2)c2ccc(C(C)(C)C)cc2B4c2c(cc(N(c4ccc(C(C)(C)C)cc4)c4ccc(C(C)(C)C)cc4)c4c2sc2ccccc24)O3)c1. The van der Waals surface area contributed by atoms with Gasteiger partial charge in [-0.15, -0.1) is 11.3 Å². The molecular formula is C66H67BN2OS. The molecule has 9 aromatic rings. The normalized spacial score (nSPS) is 13.5. The van der Waals surface area contributed by atoms with E-state index in [1.54, 1.807) is 0 Å². The monoisotopic (exact) mass is 947 g/mol. The summed E-state index contributed by atoms with van der Waals surface area (Å²) in [5.74, 6) is 1.80. The van der Waals surface area contributed by atoms with Crippen LogP contribution in [0, 0.1) is 13.8 Å². The van der Waals surface area contributed by atoms with Crippen molar-refractivity contribution in [2.75, 3.05) is 9.80 Å². The van der Waals surface area contributed by atoms with Crippen molar-refractivity contribution in [3.8, 4) is 22.6 Å². The third-order valence-corrected chi connectivity index (χ3v) is 16.2. The van der Waals surface area contributed by atoms with Gasteiger partial charge in [-0.1, -0.05) is 179 Å². The zero-order chi connectivity index (χ0) is 50.1. The number of ether oxygens (including phenoxy) is 1. The van der Waals surface area contributed by atoms with E-state index in [0.717, 1.165) is 45.5 Å². The Morgan fingerprint density at radius 1 is 0.479 bits per heavy atom. The lowest BCUT2D eigenvalue weighted by Crippen LogP contribution is -2.59. The first-order chi connectivity index (χ1) is 33.5. The van der Waals surface area contributed by atoms with Crippen molar-refractivity contribution in [2.24, 2.45) is 0 Å². The maximum atomic E-state index is 7.66. The second-order valence-electron chi connectivity index (χ2n) is 24.5. The highest BCUT2D eigenvalue weighted by Gasteiger charge is 2.45. The minimum Gasteiger partial charge on any atom is -0.458 e. The maximum absolute atomic E-state index is 7.66. The van der Waals surface area contributed by atoms with Gasteiger partial charge in [-0.3, -0.25) is 0 Å². The van der Waals surface area contributed by atoms with Crippen LogP contribution in [0.2, 0.25) is 0 Å². The summed E-state index contributed by atoms with van der Waals surface area (Å²) >= 11 is 1.90. The summed E-state index contributed by atoms with van der Waals surface area (Å²) in [5.41, 5.74) is 20.6. The van der Waals surface area contributed by atoms with Crippen LogP contribution in [0.5, 0.6) is 11.5 Å². The van der Waals surface area contributed by atoms with Gasteiger partial charge in [0.05, 0.1) is 5.69 Å². The minimum absolute atomic E-state index is 0.0189. The standard InChI is InChI=1S/C66H67BN2OS/c1-40-33-41(2)35-42(34-40)43-36-55-60-56(37-43)70-57-39-54(68(48-26-19-44(20-27-48)63(3,4)5)49-28-21-45(22-29-49)64(6,7)8)59-51-17-15-16-18-58(51)71-62(59)61(57)67(60)52-38-47(66(12,13)14)25-32-53(52)69(55)50-30-23-46(24-31-50)65(9,10)11/h15-39H,1-14H3. The Kier molecular flexibility index (Phi) is 10.9. The Morgan fingerprint density at radius 3 is 1.55 bits per heavy atom. The topological polar surface area (TPSA) is 15.7 Å². The molecule has 356 valence electrons. The second kappa shape index (κ2) is 16.5. The number of rotatable bonds is 5. The molecule has 0 atom stereocenters. The zero-order valence-corrected chi connectivity index (χ0v) is 45.0. The predicted octanol–water partition coefficient (Wildman–Crippen LogP) is 17.4. The number of anilines is 6. The molecule has 71 heavy (non-hydrogen) atoms. The van der Waals surface area contributed by atoms with E-state index in [9.17, 15) is 0 Å². The molecule has 3 heterocycles. The number of thiophene rings is 1. The van der Waals surface area contributed by atoms with Gasteiger partial charge in [0.1, 0.15) is 11.5 Å². The predicted molar refractivity (Wildman–Crippen MR) is 310 cm³/mol. The molecule has 2 aliphatic heterocycles. The Labute approximate surface area is 427 Å². The van der Waals surface area contributed by atoms with Crippen LogP contribution in [0.15, 0.2) is 152 Å². The average molecular weight is 947 g/mol. The fourth-order valence-corrected chi connectivity index (χ4v) is 12.4.